The van der Waals surface area contributed by atoms with Gasteiger partial charge in [-0.1, -0.05) is 66.7 Å². The van der Waals surface area contributed by atoms with Crippen LogP contribution in [-0.4, -0.2) is 23.2 Å². The van der Waals surface area contributed by atoms with Crippen LogP contribution in [-0.2, 0) is 0 Å². The summed E-state index contributed by atoms with van der Waals surface area (Å²) in [5.41, 5.74) is 9.40. The molecule has 0 amide bonds. The molecule has 5 aromatic carbocycles. The number of hydrogen-bond acceptors (Lipinski definition) is 2. The van der Waals surface area contributed by atoms with Crippen molar-refractivity contribution in [1.29, 1.82) is 0 Å². The Morgan fingerprint density at radius 2 is 0.919 bits per heavy atom. The van der Waals surface area contributed by atoms with E-state index >= 15 is 0 Å². The van der Waals surface area contributed by atoms with Gasteiger partial charge in [0.05, 0.1) is 44.1 Å². The van der Waals surface area contributed by atoms with E-state index < -0.39 is 0 Å². The Morgan fingerprint density at radius 1 is 0.378 bits per heavy atom. The molecule has 0 N–H and O–H groups in total. The quantitative estimate of drug-likeness (QED) is 0.228. The highest BCUT2D eigenvalue weighted by molar-refractivity contribution is 6.17. The molecule has 37 heavy (non-hydrogen) atoms. The van der Waals surface area contributed by atoms with Gasteiger partial charge in [0.15, 0.2) is 0 Å². The van der Waals surface area contributed by atoms with Crippen LogP contribution in [0.15, 0.2) is 115 Å². The molecule has 0 radical (unpaired) electrons. The van der Waals surface area contributed by atoms with Crippen LogP contribution in [0, 0.1) is 0 Å². The maximum absolute atomic E-state index is 5.25. The van der Waals surface area contributed by atoms with Crippen molar-refractivity contribution in [2.24, 2.45) is 0 Å². The highest BCUT2D eigenvalue weighted by atomic mass is 15.2. The predicted molar refractivity (Wildman–Crippen MR) is 151 cm³/mol. The summed E-state index contributed by atoms with van der Waals surface area (Å²) < 4.78 is 6.94. The molecule has 0 fully saturated rings. The lowest BCUT2D eigenvalue weighted by molar-refractivity contribution is 1.17. The van der Waals surface area contributed by atoms with Gasteiger partial charge in [-0.25, -0.2) is 9.97 Å². The van der Waals surface area contributed by atoms with E-state index in [1.54, 1.807) is 0 Å². The first-order chi connectivity index (χ1) is 18.4. The third-order valence-corrected chi connectivity index (χ3v) is 7.60. The van der Waals surface area contributed by atoms with E-state index in [1.165, 1.54) is 10.8 Å². The zero-order valence-corrected chi connectivity index (χ0v) is 19.7. The number of aromatic nitrogens is 5. The Hall–Kier alpha value is -5.16. The summed E-state index contributed by atoms with van der Waals surface area (Å²) in [4.78, 5) is 10.5. The SMILES string of the molecule is c1ccc2c(c1)nc1c3cccc4c5ccccc5n(c43)c3nc4ccccc4n3c3ccccc3n21. The van der Waals surface area contributed by atoms with E-state index in [9.17, 15) is 0 Å². The molecule has 0 atom stereocenters. The Kier molecular flexibility index (Phi) is 3.47. The largest absolute Gasteiger partial charge is 0.290 e. The lowest BCUT2D eigenvalue weighted by atomic mass is 10.1. The summed E-state index contributed by atoms with van der Waals surface area (Å²) >= 11 is 0. The number of rotatable bonds is 0. The topological polar surface area (TPSA) is 39.0 Å². The van der Waals surface area contributed by atoms with Crippen molar-refractivity contribution in [3.63, 3.8) is 0 Å². The number of nitrogens with zero attached hydrogens (tertiary/aromatic N) is 5. The van der Waals surface area contributed by atoms with Gasteiger partial charge in [0.2, 0.25) is 5.78 Å². The first-order valence-electron chi connectivity index (χ1n) is 12.5. The first kappa shape index (κ1) is 19.1. The summed E-state index contributed by atoms with van der Waals surface area (Å²) in [5.74, 6) is 0.877. The molecule has 4 heterocycles. The second-order valence-corrected chi connectivity index (χ2v) is 9.54. The smallest absolute Gasteiger partial charge is 0.220 e. The number of fused-ring (bicyclic) bond motifs is 14. The molecule has 0 spiro atoms. The number of hydrogen-bond donors (Lipinski definition) is 0. The molecule has 5 heteroatoms. The number of imidazole rings is 2. The molecule has 9 aromatic rings. The third kappa shape index (κ3) is 2.33. The van der Waals surface area contributed by atoms with Crippen LogP contribution >= 0.6 is 0 Å². The van der Waals surface area contributed by atoms with E-state index in [0.29, 0.717) is 0 Å². The molecule has 172 valence electrons. The predicted octanol–water partition coefficient (Wildman–Crippen LogP) is 7.56. The molecule has 0 unspecified atom stereocenters. The van der Waals surface area contributed by atoms with Crippen molar-refractivity contribution in [2.75, 3.05) is 0 Å². The fourth-order valence-electron chi connectivity index (χ4n) is 6.10. The standard InChI is InChI=1S/C32H19N5/c1-4-15-25-20(10-1)21-11-9-12-22-30(21)37(25)32-34-24-14-3-6-17-27(24)36(32)29-19-8-7-18-28(29)35-26-16-5-2-13-23(26)33-31(22)35/h1-19H. The van der Waals surface area contributed by atoms with Crippen molar-refractivity contribution in [1.82, 2.24) is 23.2 Å². The van der Waals surface area contributed by atoms with Crippen LogP contribution in [0.5, 0.6) is 0 Å². The average Bonchev–Trinajstić information content (AvgIpc) is 3.62. The van der Waals surface area contributed by atoms with Gasteiger partial charge < -0.3 is 0 Å². The zero-order chi connectivity index (χ0) is 24.1. The highest BCUT2D eigenvalue weighted by Crippen LogP contribution is 2.36. The van der Waals surface area contributed by atoms with Crippen molar-refractivity contribution >= 4 is 71.7 Å². The van der Waals surface area contributed by atoms with Crippen LogP contribution in [0.1, 0.15) is 0 Å². The summed E-state index contributed by atoms with van der Waals surface area (Å²) in [5, 5.41) is 3.48. The van der Waals surface area contributed by atoms with Gasteiger partial charge in [-0.05, 0) is 48.5 Å². The summed E-state index contributed by atoms with van der Waals surface area (Å²) in [7, 11) is 0. The Morgan fingerprint density at radius 3 is 1.70 bits per heavy atom. The summed E-state index contributed by atoms with van der Waals surface area (Å²) in [6.45, 7) is 0. The van der Waals surface area contributed by atoms with Crippen LogP contribution in [0.25, 0.3) is 71.7 Å². The van der Waals surface area contributed by atoms with Gasteiger partial charge in [-0.3, -0.25) is 13.2 Å². The minimum Gasteiger partial charge on any atom is -0.290 e. The number of benzene rings is 5. The summed E-state index contributed by atoms with van der Waals surface area (Å²) in [6, 6.07) is 40.5. The fraction of sp³-hybridized carbons (Fsp3) is 0. The van der Waals surface area contributed by atoms with Crippen LogP contribution in [0.2, 0.25) is 0 Å². The Balaban J connectivity index is 1.82. The Bertz CT molecular complexity index is 2420. The van der Waals surface area contributed by atoms with Gasteiger partial charge in [-0.2, -0.15) is 0 Å². The molecular weight excluding hydrogens is 454 g/mol. The van der Waals surface area contributed by atoms with E-state index in [-0.39, 0.29) is 0 Å². The van der Waals surface area contributed by atoms with Crippen molar-refractivity contribution in [3.8, 4) is 0 Å². The first-order valence-corrected chi connectivity index (χ1v) is 12.5. The van der Waals surface area contributed by atoms with Crippen LogP contribution in [0.4, 0.5) is 0 Å². The molecule has 5 nitrogen and oxygen atoms in total. The van der Waals surface area contributed by atoms with Crippen molar-refractivity contribution < 1.29 is 0 Å². The molecule has 0 saturated heterocycles. The maximum Gasteiger partial charge on any atom is 0.220 e. The molecule has 9 rings (SSSR count). The van der Waals surface area contributed by atoms with Gasteiger partial charge in [0.25, 0.3) is 0 Å². The zero-order valence-electron chi connectivity index (χ0n) is 19.7. The van der Waals surface area contributed by atoms with Crippen molar-refractivity contribution in [2.45, 2.75) is 0 Å². The van der Waals surface area contributed by atoms with E-state index in [4.69, 9.17) is 9.97 Å². The van der Waals surface area contributed by atoms with Gasteiger partial charge in [0, 0.05) is 16.2 Å². The van der Waals surface area contributed by atoms with E-state index in [0.717, 1.165) is 60.9 Å². The molecule has 0 saturated carbocycles. The monoisotopic (exact) mass is 473 g/mol. The molecule has 4 aromatic heterocycles. The maximum atomic E-state index is 5.25. The van der Waals surface area contributed by atoms with Gasteiger partial charge >= 0.3 is 0 Å². The minimum atomic E-state index is 0.877. The molecule has 0 aliphatic carbocycles. The third-order valence-electron chi connectivity index (χ3n) is 7.60. The van der Waals surface area contributed by atoms with Crippen LogP contribution < -0.4 is 0 Å². The Labute approximate surface area is 210 Å². The average molecular weight is 474 g/mol. The van der Waals surface area contributed by atoms with Gasteiger partial charge in [-0.15, -0.1) is 0 Å². The van der Waals surface area contributed by atoms with Gasteiger partial charge in [0.1, 0.15) is 5.65 Å². The number of para-hydroxylation sites is 8. The highest BCUT2D eigenvalue weighted by Gasteiger charge is 2.18. The van der Waals surface area contributed by atoms with Crippen molar-refractivity contribution in [3.05, 3.63) is 115 Å². The molecule has 0 aliphatic rings. The molecule has 0 bridgehead atoms. The second kappa shape index (κ2) is 6.74. The lowest BCUT2D eigenvalue weighted by Gasteiger charge is -2.03. The lowest BCUT2D eigenvalue weighted by Crippen LogP contribution is -1.93. The second-order valence-electron chi connectivity index (χ2n) is 9.54. The fourth-order valence-corrected chi connectivity index (χ4v) is 6.10. The van der Waals surface area contributed by atoms with Crippen LogP contribution in [0.3, 0.4) is 0 Å². The molecule has 0 aliphatic heterocycles. The van der Waals surface area contributed by atoms with E-state index in [2.05, 4.69) is 128 Å². The normalized spacial score (nSPS) is 12.3. The minimum absolute atomic E-state index is 0.877. The molecular formula is C32H19N5. The summed E-state index contributed by atoms with van der Waals surface area (Å²) in [6.07, 6.45) is 0. The van der Waals surface area contributed by atoms with E-state index in [1.807, 2.05) is 0 Å².